The Balaban J connectivity index is 0.00000111. The van der Waals surface area contributed by atoms with Crippen molar-refractivity contribution in [3.63, 3.8) is 0 Å². The number of halogens is 3. The van der Waals surface area contributed by atoms with Crippen LogP contribution in [-0.2, 0) is 25.5 Å². The van der Waals surface area contributed by atoms with Gasteiger partial charge in [-0.05, 0) is 138 Å². The van der Waals surface area contributed by atoms with Crippen molar-refractivity contribution in [3.8, 4) is 11.1 Å². The molecule has 1 fully saturated rings. The van der Waals surface area contributed by atoms with Crippen LogP contribution in [0.1, 0.15) is 101 Å². The first-order valence-corrected chi connectivity index (χ1v) is 21.2. The summed E-state index contributed by atoms with van der Waals surface area (Å²) in [4.78, 5) is 64.0. The number of nitrogens with one attached hydrogen (secondary N) is 3. The van der Waals surface area contributed by atoms with Crippen LogP contribution in [0.25, 0.3) is 22.0 Å². The topological polar surface area (TPSA) is 171 Å². The molecule has 1 heterocycles. The number of H-pyrrole nitrogens is 1. The molecule has 1 atom stereocenters. The van der Waals surface area contributed by atoms with Crippen LogP contribution in [0.4, 0.5) is 23.7 Å². The number of carboxylic acid groups (broad SMARTS) is 1. The van der Waals surface area contributed by atoms with Gasteiger partial charge in [-0.3, -0.25) is 19.5 Å². The minimum atomic E-state index is -5.08. The lowest BCUT2D eigenvalue weighted by molar-refractivity contribution is -0.192. The molecule has 0 saturated heterocycles. The summed E-state index contributed by atoms with van der Waals surface area (Å²) in [6.45, 7) is 15.3. The Kier molecular flexibility index (Phi) is 17.8. The smallest absolute Gasteiger partial charge is 0.475 e. The standard InChI is InChI=1S/C45H59N5O5.C2HF3O2/c1-7-50(8-2)23-9-10-41(51)35-20-22-39(30(3)24-35)33-15-11-31(12-16-33)25-37(43(53)48-38-21-19-36-29-47-49-40(36)27-38)26-42(52)34-17-13-32(14-18-34)28-46-44(54)55-45(4,5)6;3-2(4,5)1(6)7/h11-12,15-16,19-22,24,27,29,32,34,37H,7-10,13-14,17-18,23,25-26,28H2,1-6H3,(H,46,54)(H,47,49)(H,48,53);(H,6,7)/t32?,34?,37-;/m1./s1. The van der Waals surface area contributed by atoms with E-state index in [9.17, 15) is 32.3 Å². The molecule has 0 radical (unpaired) electrons. The zero-order valence-corrected chi connectivity index (χ0v) is 36.5. The number of alkyl halides is 3. The van der Waals surface area contributed by atoms with Crippen LogP contribution < -0.4 is 10.6 Å². The normalized spacial score (nSPS) is 15.9. The third-order valence-corrected chi connectivity index (χ3v) is 11.1. The van der Waals surface area contributed by atoms with Crippen molar-refractivity contribution in [2.45, 2.75) is 105 Å². The molecule has 15 heteroatoms. The number of anilines is 1. The maximum absolute atomic E-state index is 13.9. The van der Waals surface area contributed by atoms with E-state index >= 15 is 0 Å². The van der Waals surface area contributed by atoms with E-state index in [1.54, 1.807) is 6.20 Å². The fourth-order valence-corrected chi connectivity index (χ4v) is 7.57. The Morgan fingerprint density at radius 2 is 1.60 bits per heavy atom. The first-order valence-electron chi connectivity index (χ1n) is 21.2. The molecule has 3 aromatic carbocycles. The summed E-state index contributed by atoms with van der Waals surface area (Å²) in [7, 11) is 0. The van der Waals surface area contributed by atoms with Gasteiger partial charge in [-0.25, -0.2) is 9.59 Å². The lowest BCUT2D eigenvalue weighted by atomic mass is 9.77. The fourth-order valence-electron chi connectivity index (χ4n) is 7.57. The van der Waals surface area contributed by atoms with E-state index in [0.717, 1.165) is 90.5 Å². The van der Waals surface area contributed by atoms with E-state index in [1.807, 2.05) is 76.2 Å². The number of Topliss-reactive ketones (excluding diaryl/α,β-unsaturated/α-hetero) is 2. The van der Waals surface area contributed by atoms with Gasteiger partial charge in [-0.1, -0.05) is 50.2 Å². The highest BCUT2D eigenvalue weighted by atomic mass is 19.4. The van der Waals surface area contributed by atoms with Crippen molar-refractivity contribution in [2.24, 2.45) is 17.8 Å². The molecule has 0 spiro atoms. The van der Waals surface area contributed by atoms with Crippen molar-refractivity contribution in [3.05, 3.63) is 83.6 Å². The predicted octanol–water partition coefficient (Wildman–Crippen LogP) is 9.56. The minimum Gasteiger partial charge on any atom is -0.475 e. The number of hydrogen-bond acceptors (Lipinski definition) is 8. The van der Waals surface area contributed by atoms with Gasteiger partial charge in [-0.2, -0.15) is 18.3 Å². The molecule has 62 heavy (non-hydrogen) atoms. The number of fused-ring (bicyclic) bond motifs is 1. The Hall–Kier alpha value is -5.57. The van der Waals surface area contributed by atoms with Gasteiger partial charge in [0.15, 0.2) is 5.78 Å². The van der Waals surface area contributed by atoms with Crippen LogP contribution >= 0.6 is 0 Å². The number of hydrogen-bond donors (Lipinski definition) is 4. The molecular formula is C47H60F3N5O7. The van der Waals surface area contributed by atoms with Gasteiger partial charge in [0.2, 0.25) is 5.91 Å². The number of aryl methyl sites for hydroxylation is 1. The molecule has 4 N–H and O–H groups in total. The number of ether oxygens (including phenoxy) is 1. The molecule has 0 bridgehead atoms. The van der Waals surface area contributed by atoms with Gasteiger partial charge in [0.1, 0.15) is 11.4 Å². The number of aliphatic carboxylic acids is 1. The van der Waals surface area contributed by atoms with Crippen LogP contribution in [0, 0.1) is 24.7 Å². The van der Waals surface area contributed by atoms with Gasteiger partial charge in [0, 0.05) is 47.9 Å². The van der Waals surface area contributed by atoms with Crippen LogP contribution in [0.2, 0.25) is 0 Å². The third kappa shape index (κ3) is 15.4. The lowest BCUT2D eigenvalue weighted by Gasteiger charge is -2.29. The molecule has 0 unspecified atom stereocenters. The average molecular weight is 864 g/mol. The van der Waals surface area contributed by atoms with E-state index in [2.05, 4.69) is 51.7 Å². The van der Waals surface area contributed by atoms with Gasteiger partial charge in [0.05, 0.1) is 11.7 Å². The van der Waals surface area contributed by atoms with Crippen LogP contribution in [0.5, 0.6) is 0 Å². The first-order chi connectivity index (χ1) is 29.3. The Morgan fingerprint density at radius 1 is 0.935 bits per heavy atom. The van der Waals surface area contributed by atoms with Gasteiger partial charge in [0.25, 0.3) is 0 Å². The molecular weight excluding hydrogens is 804 g/mol. The molecule has 1 aliphatic rings. The molecule has 4 aromatic rings. The number of alkyl carbamates (subject to hydrolysis) is 1. The largest absolute Gasteiger partial charge is 0.490 e. The molecule has 336 valence electrons. The average Bonchev–Trinajstić information content (AvgIpc) is 3.69. The predicted molar refractivity (Wildman–Crippen MR) is 233 cm³/mol. The van der Waals surface area contributed by atoms with Crippen molar-refractivity contribution in [1.82, 2.24) is 20.4 Å². The van der Waals surface area contributed by atoms with Gasteiger partial charge in [-0.15, -0.1) is 0 Å². The summed E-state index contributed by atoms with van der Waals surface area (Å²) >= 11 is 0. The molecule has 2 amide bonds. The zero-order chi connectivity index (χ0) is 45.6. The molecule has 0 aliphatic heterocycles. The van der Waals surface area contributed by atoms with Crippen LogP contribution in [0.3, 0.4) is 0 Å². The number of carbonyl (C=O) groups excluding carboxylic acids is 4. The van der Waals surface area contributed by atoms with Crippen molar-refractivity contribution >= 4 is 46.1 Å². The number of aromatic nitrogens is 2. The second-order valence-corrected chi connectivity index (χ2v) is 16.9. The second-order valence-electron chi connectivity index (χ2n) is 16.9. The maximum atomic E-state index is 13.9. The number of amides is 2. The fraction of sp³-hybridized carbons (Fsp3) is 0.489. The monoisotopic (exact) mass is 863 g/mol. The number of nitrogens with zero attached hydrogens (tertiary/aromatic N) is 2. The van der Waals surface area contributed by atoms with E-state index in [1.165, 1.54) is 0 Å². The van der Waals surface area contributed by atoms with Crippen molar-refractivity contribution in [1.29, 1.82) is 0 Å². The highest BCUT2D eigenvalue weighted by molar-refractivity contribution is 5.98. The maximum Gasteiger partial charge on any atom is 0.490 e. The highest BCUT2D eigenvalue weighted by Crippen LogP contribution is 2.32. The van der Waals surface area contributed by atoms with E-state index in [0.29, 0.717) is 25.1 Å². The summed E-state index contributed by atoms with van der Waals surface area (Å²) in [5, 5.41) is 21.0. The zero-order valence-electron chi connectivity index (χ0n) is 36.5. The number of ketones is 2. The number of carboxylic acids is 1. The summed E-state index contributed by atoms with van der Waals surface area (Å²) < 4.78 is 37.1. The van der Waals surface area contributed by atoms with E-state index < -0.39 is 29.8 Å². The van der Waals surface area contributed by atoms with Crippen LogP contribution in [0.15, 0.2) is 66.9 Å². The molecule has 1 aromatic heterocycles. The summed E-state index contributed by atoms with van der Waals surface area (Å²) in [6.07, 6.45) is 1.32. The van der Waals surface area contributed by atoms with Gasteiger partial charge >= 0.3 is 18.2 Å². The summed E-state index contributed by atoms with van der Waals surface area (Å²) in [6, 6.07) is 19.7. The minimum absolute atomic E-state index is 0.109. The first kappa shape index (κ1) is 49.1. The summed E-state index contributed by atoms with van der Waals surface area (Å²) in [5.41, 5.74) is 5.75. The number of rotatable bonds is 17. The Labute approximate surface area is 361 Å². The highest BCUT2D eigenvalue weighted by Gasteiger charge is 2.38. The SMILES string of the molecule is CCN(CC)CCCC(=O)c1ccc(-c2ccc(C[C@H](CC(=O)C3CCC(CNC(=O)OC(C)(C)C)CC3)C(=O)Nc3ccc4cn[nH]c4c3)cc2)c(C)c1.O=C(O)C(F)(F)F. The second kappa shape index (κ2) is 22.5. The quantitative estimate of drug-likeness (QED) is 0.0755. The van der Waals surface area contributed by atoms with E-state index in [4.69, 9.17) is 14.6 Å². The van der Waals surface area contributed by atoms with Crippen LogP contribution in [-0.4, -0.2) is 87.7 Å². The van der Waals surface area contributed by atoms with E-state index in [-0.39, 0.29) is 35.7 Å². The summed E-state index contributed by atoms with van der Waals surface area (Å²) in [5.74, 6) is -3.06. The third-order valence-electron chi connectivity index (χ3n) is 11.1. The Morgan fingerprint density at radius 3 is 2.19 bits per heavy atom. The lowest BCUT2D eigenvalue weighted by Crippen LogP contribution is -2.37. The number of carbonyl (C=O) groups is 5. The molecule has 12 nitrogen and oxygen atoms in total. The Bertz CT molecular complexity index is 2130. The molecule has 1 aliphatic carbocycles. The molecule has 1 saturated carbocycles. The van der Waals surface area contributed by atoms with Gasteiger partial charge < -0.3 is 25.4 Å². The number of aromatic amines is 1. The van der Waals surface area contributed by atoms with Crippen molar-refractivity contribution in [2.75, 3.05) is 31.5 Å². The molecule has 5 rings (SSSR count). The van der Waals surface area contributed by atoms with Crippen molar-refractivity contribution < 1.29 is 47.0 Å². The number of benzene rings is 3.